The smallest absolute Gasteiger partial charge is 0.0919 e. The van der Waals surface area contributed by atoms with Gasteiger partial charge in [0.05, 0.1) is 12.0 Å². The number of hydrogen-bond donors (Lipinski definition) is 1. The van der Waals surface area contributed by atoms with Crippen LogP contribution in [0.1, 0.15) is 29.5 Å². The van der Waals surface area contributed by atoms with Crippen LogP contribution in [0.15, 0.2) is 80.0 Å². The van der Waals surface area contributed by atoms with E-state index in [1.165, 1.54) is 0 Å². The van der Waals surface area contributed by atoms with E-state index in [2.05, 4.69) is 43.0 Å². The standard InChI is InChI=1S/C21H20N2.C2H4/c1-16(21(15-22)17(2)23-3)20-12-8-7-11-19(20)14-13-18-9-5-4-6-10-18;1-2/h4-12,16,21,23H,2H2,1,3H3;1-2H2. The van der Waals surface area contributed by atoms with Crippen molar-refractivity contribution in [2.75, 3.05) is 7.05 Å². The SMILES string of the molecule is C=C.C=C(NC)C(C#N)C(C)c1ccccc1C#Cc1ccccc1. The van der Waals surface area contributed by atoms with Gasteiger partial charge in [0, 0.05) is 29.8 Å². The van der Waals surface area contributed by atoms with E-state index in [0.29, 0.717) is 0 Å². The minimum Gasteiger partial charge on any atom is -0.391 e. The molecule has 0 aliphatic carbocycles. The molecule has 0 spiro atoms. The summed E-state index contributed by atoms with van der Waals surface area (Å²) in [5.74, 6) is 6.15. The number of hydrogen-bond acceptors (Lipinski definition) is 2. The Bertz CT molecular complexity index is 788. The Morgan fingerprint density at radius 2 is 1.60 bits per heavy atom. The highest BCUT2D eigenvalue weighted by Gasteiger charge is 2.22. The maximum Gasteiger partial charge on any atom is 0.0919 e. The van der Waals surface area contributed by atoms with Gasteiger partial charge in [0.1, 0.15) is 0 Å². The quantitative estimate of drug-likeness (QED) is 0.642. The third-order valence-corrected chi connectivity index (χ3v) is 3.90. The van der Waals surface area contributed by atoms with Crippen LogP contribution in [0, 0.1) is 29.1 Å². The first-order valence-electron chi connectivity index (χ1n) is 8.09. The molecule has 0 fully saturated rings. The van der Waals surface area contributed by atoms with Gasteiger partial charge in [-0.3, -0.25) is 0 Å². The molecule has 0 aliphatic heterocycles. The summed E-state index contributed by atoms with van der Waals surface area (Å²) in [6, 6.07) is 20.2. The highest BCUT2D eigenvalue weighted by molar-refractivity contribution is 5.48. The molecule has 0 amide bonds. The summed E-state index contributed by atoms with van der Waals surface area (Å²) in [5, 5.41) is 12.5. The lowest BCUT2D eigenvalue weighted by Gasteiger charge is -2.21. The van der Waals surface area contributed by atoms with Gasteiger partial charge in [-0.25, -0.2) is 0 Å². The Morgan fingerprint density at radius 3 is 2.20 bits per heavy atom. The second-order valence-electron chi connectivity index (χ2n) is 5.37. The Kier molecular flexibility index (Phi) is 8.34. The lowest BCUT2D eigenvalue weighted by molar-refractivity contribution is 0.596. The van der Waals surface area contributed by atoms with Gasteiger partial charge < -0.3 is 5.32 Å². The summed E-state index contributed by atoms with van der Waals surface area (Å²) in [6.07, 6.45) is 0. The topological polar surface area (TPSA) is 35.8 Å². The fourth-order valence-electron chi connectivity index (χ4n) is 2.50. The van der Waals surface area contributed by atoms with Crippen molar-refractivity contribution in [2.24, 2.45) is 5.92 Å². The average Bonchev–Trinajstić information content (AvgIpc) is 2.69. The number of nitrogens with one attached hydrogen (secondary N) is 1. The largest absolute Gasteiger partial charge is 0.391 e. The molecule has 0 heterocycles. The van der Waals surface area contributed by atoms with Crippen LogP contribution >= 0.6 is 0 Å². The minimum atomic E-state index is -0.292. The summed E-state index contributed by atoms with van der Waals surface area (Å²) >= 11 is 0. The van der Waals surface area contributed by atoms with Gasteiger partial charge in [0.25, 0.3) is 0 Å². The maximum atomic E-state index is 9.47. The van der Waals surface area contributed by atoms with E-state index in [-0.39, 0.29) is 11.8 Å². The van der Waals surface area contributed by atoms with E-state index in [9.17, 15) is 5.26 Å². The van der Waals surface area contributed by atoms with E-state index < -0.39 is 0 Å². The van der Waals surface area contributed by atoms with Gasteiger partial charge >= 0.3 is 0 Å². The molecule has 0 saturated heterocycles. The van der Waals surface area contributed by atoms with E-state index in [0.717, 1.165) is 22.4 Å². The normalized spacial score (nSPS) is 11.4. The summed E-state index contributed by atoms with van der Waals surface area (Å²) in [6.45, 7) is 12.0. The van der Waals surface area contributed by atoms with Gasteiger partial charge in [-0.1, -0.05) is 61.7 Å². The average molecular weight is 328 g/mol. The number of benzene rings is 2. The van der Waals surface area contributed by atoms with E-state index in [4.69, 9.17) is 0 Å². The fraction of sp³-hybridized carbons (Fsp3) is 0.174. The minimum absolute atomic E-state index is 0.0150. The van der Waals surface area contributed by atoms with Crippen LogP contribution in [-0.2, 0) is 0 Å². The molecule has 2 unspecified atom stereocenters. The summed E-state index contributed by atoms with van der Waals surface area (Å²) in [7, 11) is 1.79. The monoisotopic (exact) mass is 328 g/mol. The molecule has 0 aromatic heterocycles. The molecule has 2 aromatic rings. The zero-order chi connectivity index (χ0) is 18.7. The third kappa shape index (κ3) is 5.41. The zero-order valence-corrected chi connectivity index (χ0v) is 14.9. The first-order valence-corrected chi connectivity index (χ1v) is 8.09. The lowest BCUT2D eigenvalue weighted by atomic mass is 9.84. The van der Waals surface area contributed by atoms with Crippen molar-refractivity contribution in [3.05, 3.63) is 96.7 Å². The van der Waals surface area contributed by atoms with Gasteiger partial charge in [-0.15, -0.1) is 13.2 Å². The summed E-state index contributed by atoms with van der Waals surface area (Å²) in [4.78, 5) is 0. The Morgan fingerprint density at radius 1 is 1.00 bits per heavy atom. The van der Waals surface area contributed by atoms with Crippen molar-refractivity contribution >= 4 is 0 Å². The Labute approximate surface area is 151 Å². The highest BCUT2D eigenvalue weighted by atomic mass is 14.8. The first-order chi connectivity index (χ1) is 12.2. The highest BCUT2D eigenvalue weighted by Crippen LogP contribution is 2.29. The number of nitrogens with zero attached hydrogens (tertiary/aromatic N) is 1. The van der Waals surface area contributed by atoms with Gasteiger partial charge in [0.2, 0.25) is 0 Å². The molecule has 2 rings (SSSR count). The molecule has 126 valence electrons. The van der Waals surface area contributed by atoms with Crippen molar-refractivity contribution in [1.82, 2.24) is 5.32 Å². The molecule has 2 aromatic carbocycles. The van der Waals surface area contributed by atoms with Gasteiger partial charge in [-0.2, -0.15) is 5.26 Å². The molecule has 0 bridgehead atoms. The second-order valence-corrected chi connectivity index (χ2v) is 5.37. The molecule has 2 heteroatoms. The predicted octanol–water partition coefficient (Wildman–Crippen LogP) is 4.86. The summed E-state index contributed by atoms with van der Waals surface area (Å²) in [5.41, 5.74) is 3.73. The molecule has 1 N–H and O–H groups in total. The molecule has 2 nitrogen and oxygen atoms in total. The predicted molar refractivity (Wildman–Crippen MR) is 106 cm³/mol. The van der Waals surface area contributed by atoms with Gasteiger partial charge in [0.15, 0.2) is 0 Å². The van der Waals surface area contributed by atoms with Gasteiger partial charge in [-0.05, 0) is 23.8 Å². The Hall–Kier alpha value is -3.23. The summed E-state index contributed by atoms with van der Waals surface area (Å²) < 4.78 is 0. The number of allylic oxidation sites excluding steroid dienone is 1. The first kappa shape index (κ1) is 19.8. The van der Waals surface area contributed by atoms with Crippen molar-refractivity contribution in [3.63, 3.8) is 0 Å². The third-order valence-electron chi connectivity index (χ3n) is 3.90. The van der Waals surface area contributed by atoms with Crippen molar-refractivity contribution < 1.29 is 0 Å². The molecular weight excluding hydrogens is 304 g/mol. The maximum absolute atomic E-state index is 9.47. The number of nitriles is 1. The van der Waals surface area contributed by atoms with Crippen LogP contribution < -0.4 is 5.32 Å². The molecule has 0 aliphatic rings. The van der Waals surface area contributed by atoms with Crippen LogP contribution in [0.4, 0.5) is 0 Å². The van der Waals surface area contributed by atoms with Crippen molar-refractivity contribution in [2.45, 2.75) is 12.8 Å². The van der Waals surface area contributed by atoms with Crippen LogP contribution in [0.3, 0.4) is 0 Å². The zero-order valence-electron chi connectivity index (χ0n) is 14.9. The molecule has 2 atom stereocenters. The fourth-order valence-corrected chi connectivity index (χ4v) is 2.50. The van der Waals surface area contributed by atoms with Crippen molar-refractivity contribution in [1.29, 1.82) is 5.26 Å². The van der Waals surface area contributed by atoms with Crippen LogP contribution in [-0.4, -0.2) is 7.05 Å². The Balaban J connectivity index is 0.00000151. The van der Waals surface area contributed by atoms with E-state index >= 15 is 0 Å². The molecule has 0 radical (unpaired) electrons. The van der Waals surface area contributed by atoms with Crippen LogP contribution in [0.5, 0.6) is 0 Å². The van der Waals surface area contributed by atoms with E-state index in [1.807, 2.05) is 61.5 Å². The molecule has 0 saturated carbocycles. The second kappa shape index (κ2) is 10.5. The van der Waals surface area contributed by atoms with E-state index in [1.54, 1.807) is 7.05 Å². The van der Waals surface area contributed by atoms with Crippen LogP contribution in [0.2, 0.25) is 0 Å². The molecule has 25 heavy (non-hydrogen) atoms. The van der Waals surface area contributed by atoms with Crippen LogP contribution in [0.25, 0.3) is 0 Å². The number of rotatable bonds is 4. The lowest BCUT2D eigenvalue weighted by Crippen LogP contribution is -2.19. The van der Waals surface area contributed by atoms with Crippen molar-refractivity contribution in [3.8, 4) is 17.9 Å². The molecular formula is C23H24N2.